The largest absolute Gasteiger partial charge is 0.395 e. The van der Waals surface area contributed by atoms with Gasteiger partial charge in [-0.15, -0.1) is 0 Å². The fourth-order valence-corrected chi connectivity index (χ4v) is 3.49. The first kappa shape index (κ1) is 18.9. The summed E-state index contributed by atoms with van der Waals surface area (Å²) in [5.41, 5.74) is 1.94. The van der Waals surface area contributed by atoms with Crippen LogP contribution in [0.4, 0.5) is 0 Å². The lowest BCUT2D eigenvalue weighted by Gasteiger charge is -2.36. The summed E-state index contributed by atoms with van der Waals surface area (Å²) in [6, 6.07) is 0.601. The van der Waals surface area contributed by atoms with Crippen molar-refractivity contribution >= 4 is 12.2 Å². The van der Waals surface area contributed by atoms with Gasteiger partial charge in [0.05, 0.1) is 24.5 Å². The molecule has 2 heterocycles. The summed E-state index contributed by atoms with van der Waals surface area (Å²) in [6.45, 7) is 17.1. The van der Waals surface area contributed by atoms with E-state index in [-0.39, 0.29) is 6.61 Å². The SMILES string of the molecule is C=Cc1nc(CNCCO)n(C[C@H]2CCCN(C(C)C)C2)c1C=C. The van der Waals surface area contributed by atoms with Crippen molar-refractivity contribution in [1.29, 1.82) is 0 Å². The van der Waals surface area contributed by atoms with Crippen molar-refractivity contribution in [2.45, 2.75) is 45.8 Å². The van der Waals surface area contributed by atoms with Crippen LogP contribution in [-0.4, -0.2) is 51.8 Å². The molecule has 134 valence electrons. The number of aromatic nitrogens is 2. The molecule has 1 aliphatic rings. The molecule has 1 aromatic heterocycles. The summed E-state index contributed by atoms with van der Waals surface area (Å²) in [6.07, 6.45) is 6.19. The zero-order valence-electron chi connectivity index (χ0n) is 15.2. The number of aliphatic hydroxyl groups is 1. The van der Waals surface area contributed by atoms with Crippen LogP contribution in [0.15, 0.2) is 13.2 Å². The molecule has 1 aromatic rings. The van der Waals surface area contributed by atoms with Crippen molar-refractivity contribution in [3.63, 3.8) is 0 Å². The predicted molar refractivity (Wildman–Crippen MR) is 101 cm³/mol. The third-order valence-electron chi connectivity index (χ3n) is 4.79. The molecular formula is C19H32N4O. The molecule has 1 fully saturated rings. The van der Waals surface area contributed by atoms with Gasteiger partial charge in [0.25, 0.3) is 0 Å². The van der Waals surface area contributed by atoms with Gasteiger partial charge < -0.3 is 19.9 Å². The third-order valence-corrected chi connectivity index (χ3v) is 4.79. The second-order valence-electron chi connectivity index (χ2n) is 6.81. The van der Waals surface area contributed by atoms with E-state index in [1.54, 1.807) is 6.08 Å². The van der Waals surface area contributed by atoms with Crippen LogP contribution in [0.25, 0.3) is 12.2 Å². The maximum absolute atomic E-state index is 8.98. The van der Waals surface area contributed by atoms with E-state index >= 15 is 0 Å². The number of nitrogens with one attached hydrogen (secondary N) is 1. The van der Waals surface area contributed by atoms with Crippen molar-refractivity contribution in [3.05, 3.63) is 30.4 Å². The van der Waals surface area contributed by atoms with Gasteiger partial charge >= 0.3 is 0 Å². The minimum Gasteiger partial charge on any atom is -0.395 e. The van der Waals surface area contributed by atoms with Gasteiger partial charge in [-0.05, 0) is 51.3 Å². The quantitative estimate of drug-likeness (QED) is 0.682. The van der Waals surface area contributed by atoms with Crippen LogP contribution < -0.4 is 5.32 Å². The Morgan fingerprint density at radius 1 is 1.38 bits per heavy atom. The second-order valence-corrected chi connectivity index (χ2v) is 6.81. The van der Waals surface area contributed by atoms with E-state index in [1.165, 1.54) is 19.4 Å². The molecule has 2 N–H and O–H groups in total. The predicted octanol–water partition coefficient (Wildman–Crippen LogP) is 2.37. The van der Waals surface area contributed by atoms with Crippen LogP contribution in [0, 0.1) is 5.92 Å². The van der Waals surface area contributed by atoms with Gasteiger partial charge in [0.1, 0.15) is 5.82 Å². The highest BCUT2D eigenvalue weighted by Gasteiger charge is 2.24. The molecule has 0 amide bonds. The highest BCUT2D eigenvalue weighted by Crippen LogP contribution is 2.23. The van der Waals surface area contributed by atoms with Crippen LogP contribution in [-0.2, 0) is 13.1 Å². The number of piperidine rings is 1. The van der Waals surface area contributed by atoms with Crippen LogP contribution in [0.3, 0.4) is 0 Å². The number of imidazole rings is 1. The van der Waals surface area contributed by atoms with E-state index in [4.69, 9.17) is 10.1 Å². The van der Waals surface area contributed by atoms with E-state index in [0.29, 0.717) is 25.0 Å². The van der Waals surface area contributed by atoms with Gasteiger partial charge in [-0.1, -0.05) is 13.2 Å². The highest BCUT2D eigenvalue weighted by molar-refractivity contribution is 5.58. The average Bonchev–Trinajstić information content (AvgIpc) is 2.92. The molecule has 0 radical (unpaired) electrons. The average molecular weight is 332 g/mol. The van der Waals surface area contributed by atoms with Crippen molar-refractivity contribution in [1.82, 2.24) is 19.8 Å². The van der Waals surface area contributed by atoms with Crippen molar-refractivity contribution in [2.75, 3.05) is 26.2 Å². The molecule has 0 aromatic carbocycles. The van der Waals surface area contributed by atoms with Gasteiger partial charge in [-0.3, -0.25) is 0 Å². The number of rotatable bonds is 9. The zero-order valence-corrected chi connectivity index (χ0v) is 15.2. The first-order chi connectivity index (χ1) is 11.6. The van der Waals surface area contributed by atoms with Crippen LogP contribution in [0.1, 0.15) is 43.9 Å². The minimum absolute atomic E-state index is 0.134. The Kier molecular flexibility index (Phi) is 7.21. The number of aliphatic hydroxyl groups excluding tert-OH is 1. The van der Waals surface area contributed by atoms with Crippen LogP contribution in [0.2, 0.25) is 0 Å². The second kappa shape index (κ2) is 9.16. The van der Waals surface area contributed by atoms with Gasteiger partial charge in [-0.25, -0.2) is 4.98 Å². The summed E-state index contributed by atoms with van der Waals surface area (Å²) in [5, 5.41) is 12.2. The number of likely N-dealkylation sites (tertiary alicyclic amines) is 1. The van der Waals surface area contributed by atoms with Gasteiger partial charge in [0.15, 0.2) is 0 Å². The monoisotopic (exact) mass is 332 g/mol. The lowest BCUT2D eigenvalue weighted by molar-refractivity contribution is 0.130. The van der Waals surface area contributed by atoms with E-state index < -0.39 is 0 Å². The van der Waals surface area contributed by atoms with Gasteiger partial charge in [-0.2, -0.15) is 0 Å². The molecule has 1 atom stereocenters. The summed E-state index contributed by atoms with van der Waals surface area (Å²) in [4.78, 5) is 7.27. The lowest BCUT2D eigenvalue weighted by atomic mass is 9.96. The molecule has 2 rings (SSSR count). The summed E-state index contributed by atoms with van der Waals surface area (Å²) < 4.78 is 2.28. The maximum Gasteiger partial charge on any atom is 0.123 e. The first-order valence-corrected chi connectivity index (χ1v) is 9.00. The minimum atomic E-state index is 0.134. The Morgan fingerprint density at radius 3 is 2.79 bits per heavy atom. The molecule has 0 aliphatic carbocycles. The first-order valence-electron chi connectivity index (χ1n) is 9.00. The van der Waals surface area contributed by atoms with Crippen molar-refractivity contribution in [2.24, 2.45) is 5.92 Å². The molecule has 1 saturated heterocycles. The van der Waals surface area contributed by atoms with E-state index in [0.717, 1.165) is 30.3 Å². The van der Waals surface area contributed by atoms with Crippen LogP contribution >= 0.6 is 0 Å². The normalized spacial score (nSPS) is 18.9. The molecule has 5 heteroatoms. The molecule has 1 aliphatic heterocycles. The summed E-state index contributed by atoms with van der Waals surface area (Å²) >= 11 is 0. The zero-order chi connectivity index (χ0) is 17.5. The fraction of sp³-hybridized carbons (Fsp3) is 0.632. The van der Waals surface area contributed by atoms with E-state index in [9.17, 15) is 0 Å². The Labute approximate surface area is 146 Å². The standard InChI is InChI=1S/C19H32N4O/c1-5-17-18(6-2)23(19(21-17)12-20-9-11-24)14-16-8-7-10-22(13-16)15(3)4/h5-6,15-16,20,24H,1-2,7-14H2,3-4H3/t16-/m0/s1. The van der Waals surface area contributed by atoms with Crippen molar-refractivity contribution in [3.8, 4) is 0 Å². The van der Waals surface area contributed by atoms with E-state index in [1.807, 2.05) is 6.08 Å². The summed E-state index contributed by atoms with van der Waals surface area (Å²) in [7, 11) is 0. The Morgan fingerprint density at radius 2 is 2.17 bits per heavy atom. The highest BCUT2D eigenvalue weighted by atomic mass is 16.3. The maximum atomic E-state index is 8.98. The molecule has 0 bridgehead atoms. The molecule has 0 saturated carbocycles. The number of hydrogen-bond acceptors (Lipinski definition) is 4. The van der Waals surface area contributed by atoms with Crippen LogP contribution in [0.5, 0.6) is 0 Å². The third kappa shape index (κ3) is 4.56. The Bertz CT molecular complexity index is 550. The molecule has 0 unspecified atom stereocenters. The molecular weight excluding hydrogens is 300 g/mol. The number of nitrogens with zero attached hydrogens (tertiary/aromatic N) is 3. The van der Waals surface area contributed by atoms with Crippen molar-refractivity contribution < 1.29 is 5.11 Å². The molecule has 24 heavy (non-hydrogen) atoms. The lowest BCUT2D eigenvalue weighted by Crippen LogP contribution is -2.41. The Hall–Kier alpha value is -1.43. The molecule has 5 nitrogen and oxygen atoms in total. The van der Waals surface area contributed by atoms with Gasteiger partial charge in [0.2, 0.25) is 0 Å². The topological polar surface area (TPSA) is 53.3 Å². The van der Waals surface area contributed by atoms with Gasteiger partial charge in [0, 0.05) is 25.7 Å². The Balaban J connectivity index is 2.18. The molecule has 0 spiro atoms. The number of hydrogen-bond donors (Lipinski definition) is 2. The smallest absolute Gasteiger partial charge is 0.123 e. The van der Waals surface area contributed by atoms with E-state index in [2.05, 4.69) is 41.8 Å². The fourth-order valence-electron chi connectivity index (χ4n) is 3.49. The summed E-state index contributed by atoms with van der Waals surface area (Å²) in [5.74, 6) is 1.62.